The molecule has 5 nitrogen and oxygen atoms in total. The van der Waals surface area contributed by atoms with E-state index in [0.717, 1.165) is 12.8 Å². The zero-order chi connectivity index (χ0) is 16.6. The van der Waals surface area contributed by atoms with E-state index >= 15 is 0 Å². The molecule has 0 radical (unpaired) electrons. The van der Waals surface area contributed by atoms with Crippen LogP contribution in [0.25, 0.3) is 0 Å². The smallest absolute Gasteiger partial charge is 0.328 e. The van der Waals surface area contributed by atoms with Crippen LogP contribution in [0.1, 0.15) is 43.0 Å². The number of aliphatic carboxylic acids is 1. The molecule has 1 aromatic rings. The first-order valence-corrected chi connectivity index (χ1v) is 8.27. The van der Waals surface area contributed by atoms with E-state index in [1.54, 1.807) is 24.3 Å². The second kappa shape index (κ2) is 6.13. The van der Waals surface area contributed by atoms with Crippen molar-refractivity contribution in [3.8, 4) is 0 Å². The predicted octanol–water partition coefficient (Wildman–Crippen LogP) is 3.17. The topological polar surface area (TPSA) is 66.8 Å². The molecule has 0 unspecified atom stereocenters. The zero-order valence-electron chi connectivity index (χ0n) is 13.0. The molecule has 0 bridgehead atoms. The largest absolute Gasteiger partial charge is 0.480 e. The van der Waals surface area contributed by atoms with Crippen molar-refractivity contribution in [2.75, 3.05) is 6.61 Å². The van der Waals surface area contributed by atoms with Crippen molar-refractivity contribution >= 4 is 23.5 Å². The maximum absolute atomic E-state index is 13.0. The Morgan fingerprint density at radius 3 is 2.43 bits per heavy atom. The number of hydrogen-bond acceptors (Lipinski definition) is 3. The summed E-state index contributed by atoms with van der Waals surface area (Å²) in [4.78, 5) is 26.0. The highest BCUT2D eigenvalue weighted by Gasteiger charge is 2.53. The lowest BCUT2D eigenvalue weighted by Gasteiger charge is -2.42. The zero-order valence-corrected chi connectivity index (χ0v) is 13.8. The fourth-order valence-electron chi connectivity index (χ4n) is 3.50. The fraction of sp³-hybridized carbons (Fsp3) is 0.529. The SMILES string of the molecule is CC1CCC2(CC1)OC[C@H](C(=O)O)N2C(=O)c1ccc(Cl)cc1. The number of carbonyl (C=O) groups excluding carboxylic acids is 1. The summed E-state index contributed by atoms with van der Waals surface area (Å²) >= 11 is 5.87. The Morgan fingerprint density at radius 2 is 1.87 bits per heavy atom. The Bertz CT molecular complexity index is 608. The highest BCUT2D eigenvalue weighted by molar-refractivity contribution is 6.30. The molecule has 1 aliphatic heterocycles. The van der Waals surface area contributed by atoms with Gasteiger partial charge in [0.05, 0.1) is 6.61 Å². The van der Waals surface area contributed by atoms with Crippen LogP contribution >= 0.6 is 11.6 Å². The number of carbonyl (C=O) groups is 2. The van der Waals surface area contributed by atoms with Crippen LogP contribution in [-0.2, 0) is 9.53 Å². The van der Waals surface area contributed by atoms with E-state index in [9.17, 15) is 14.7 Å². The third-order valence-electron chi connectivity index (χ3n) is 4.91. The second-order valence-corrected chi connectivity index (χ2v) is 6.91. The van der Waals surface area contributed by atoms with Gasteiger partial charge in [-0.1, -0.05) is 18.5 Å². The third kappa shape index (κ3) is 2.95. The minimum Gasteiger partial charge on any atom is -0.480 e. The molecule has 1 aromatic carbocycles. The Balaban J connectivity index is 1.94. The molecule has 1 heterocycles. The number of hydrogen-bond donors (Lipinski definition) is 1. The number of amides is 1. The summed E-state index contributed by atoms with van der Waals surface area (Å²) in [6, 6.07) is 5.59. The number of halogens is 1. The van der Waals surface area contributed by atoms with Crippen molar-refractivity contribution in [2.45, 2.75) is 44.4 Å². The first-order valence-electron chi connectivity index (χ1n) is 7.89. The molecule has 1 amide bonds. The number of carboxylic acid groups (broad SMARTS) is 1. The minimum atomic E-state index is -1.03. The number of ether oxygens (including phenoxy) is 1. The number of carboxylic acids is 1. The van der Waals surface area contributed by atoms with E-state index in [1.807, 2.05) is 0 Å². The summed E-state index contributed by atoms with van der Waals surface area (Å²) in [5, 5.41) is 10.0. The second-order valence-electron chi connectivity index (χ2n) is 6.48. The van der Waals surface area contributed by atoms with E-state index in [4.69, 9.17) is 16.3 Å². The predicted molar refractivity (Wildman–Crippen MR) is 85.4 cm³/mol. The summed E-state index contributed by atoms with van der Waals surface area (Å²) in [6.45, 7) is 2.21. The van der Waals surface area contributed by atoms with Crippen molar-refractivity contribution in [2.24, 2.45) is 5.92 Å². The summed E-state index contributed by atoms with van der Waals surface area (Å²) in [5.74, 6) is -0.760. The molecule has 1 aliphatic carbocycles. The molecule has 0 aromatic heterocycles. The summed E-state index contributed by atoms with van der Waals surface area (Å²) in [5.41, 5.74) is -0.351. The molecule has 1 spiro atoms. The average molecular weight is 338 g/mol. The lowest BCUT2D eigenvalue weighted by Crippen LogP contribution is -2.55. The first-order chi connectivity index (χ1) is 10.9. The van der Waals surface area contributed by atoms with Crippen LogP contribution in [0.2, 0.25) is 5.02 Å². The Hall–Kier alpha value is -1.59. The average Bonchev–Trinajstić information content (AvgIpc) is 2.90. The molecule has 3 rings (SSSR count). The van der Waals surface area contributed by atoms with Gasteiger partial charge >= 0.3 is 5.97 Å². The molecule has 124 valence electrons. The van der Waals surface area contributed by atoms with E-state index in [0.29, 0.717) is 29.3 Å². The van der Waals surface area contributed by atoms with Crippen molar-refractivity contribution in [1.29, 1.82) is 0 Å². The molecule has 6 heteroatoms. The molecular weight excluding hydrogens is 318 g/mol. The van der Waals surface area contributed by atoms with Crippen molar-refractivity contribution in [3.63, 3.8) is 0 Å². The Labute approximate surface area is 140 Å². The molecule has 1 saturated heterocycles. The van der Waals surface area contributed by atoms with Gasteiger partial charge in [-0.25, -0.2) is 4.79 Å². The van der Waals surface area contributed by atoms with Crippen LogP contribution in [-0.4, -0.2) is 40.3 Å². The summed E-state index contributed by atoms with van der Waals surface area (Å²) in [6.07, 6.45) is 3.21. The quantitative estimate of drug-likeness (QED) is 0.900. The highest BCUT2D eigenvalue weighted by atomic mass is 35.5. The van der Waals surface area contributed by atoms with E-state index in [1.165, 1.54) is 4.90 Å². The van der Waals surface area contributed by atoms with Gasteiger partial charge in [0, 0.05) is 10.6 Å². The van der Waals surface area contributed by atoms with Gasteiger partial charge in [0.15, 0.2) is 6.04 Å². The van der Waals surface area contributed by atoms with Gasteiger partial charge in [-0.05, 0) is 55.9 Å². The van der Waals surface area contributed by atoms with Gasteiger partial charge in [-0.3, -0.25) is 9.69 Å². The summed E-state index contributed by atoms with van der Waals surface area (Å²) in [7, 11) is 0. The first kappa shape index (κ1) is 16.3. The van der Waals surface area contributed by atoms with Gasteiger partial charge in [0.25, 0.3) is 5.91 Å². The summed E-state index contributed by atoms with van der Waals surface area (Å²) < 4.78 is 5.88. The van der Waals surface area contributed by atoms with Crippen LogP contribution in [0.15, 0.2) is 24.3 Å². The minimum absolute atomic E-state index is 0.0447. The molecule has 1 atom stereocenters. The molecule has 1 N–H and O–H groups in total. The number of rotatable bonds is 2. The van der Waals surface area contributed by atoms with Crippen LogP contribution in [0.5, 0.6) is 0 Å². The van der Waals surface area contributed by atoms with Gasteiger partial charge in [-0.15, -0.1) is 0 Å². The number of nitrogens with zero attached hydrogens (tertiary/aromatic N) is 1. The van der Waals surface area contributed by atoms with Crippen molar-refractivity contribution in [3.05, 3.63) is 34.9 Å². The van der Waals surface area contributed by atoms with Crippen molar-refractivity contribution < 1.29 is 19.4 Å². The van der Waals surface area contributed by atoms with Crippen LogP contribution in [0.3, 0.4) is 0 Å². The lowest BCUT2D eigenvalue weighted by atomic mass is 9.83. The van der Waals surface area contributed by atoms with Gasteiger partial charge in [0.1, 0.15) is 5.72 Å². The van der Waals surface area contributed by atoms with Crippen LogP contribution in [0, 0.1) is 5.92 Å². The van der Waals surface area contributed by atoms with Crippen LogP contribution < -0.4 is 0 Å². The van der Waals surface area contributed by atoms with E-state index in [2.05, 4.69) is 6.92 Å². The van der Waals surface area contributed by atoms with Crippen molar-refractivity contribution in [1.82, 2.24) is 4.90 Å². The van der Waals surface area contributed by atoms with Gasteiger partial charge in [-0.2, -0.15) is 0 Å². The molecule has 2 fully saturated rings. The molecule has 1 saturated carbocycles. The monoisotopic (exact) mass is 337 g/mol. The molecule has 2 aliphatic rings. The third-order valence-corrected chi connectivity index (χ3v) is 5.16. The number of benzene rings is 1. The van der Waals surface area contributed by atoms with Gasteiger partial charge in [0.2, 0.25) is 0 Å². The maximum atomic E-state index is 13.0. The standard InChI is InChI=1S/C17H20ClNO4/c1-11-6-8-17(9-7-11)19(14(10-23-17)16(21)22)15(20)12-2-4-13(18)5-3-12/h2-5,11,14H,6-10H2,1H3,(H,21,22)/t11?,14-,17?/m1/s1. The highest BCUT2D eigenvalue weighted by Crippen LogP contribution is 2.43. The lowest BCUT2D eigenvalue weighted by molar-refractivity contribution is -0.143. The maximum Gasteiger partial charge on any atom is 0.328 e. The Kier molecular flexibility index (Phi) is 4.34. The Morgan fingerprint density at radius 1 is 1.26 bits per heavy atom. The van der Waals surface area contributed by atoms with E-state index < -0.39 is 17.7 Å². The molecule has 23 heavy (non-hydrogen) atoms. The normalized spacial score (nSPS) is 30.6. The molecular formula is C17H20ClNO4. The van der Waals surface area contributed by atoms with E-state index in [-0.39, 0.29) is 12.5 Å². The van der Waals surface area contributed by atoms with Gasteiger partial charge < -0.3 is 9.84 Å². The van der Waals surface area contributed by atoms with Crippen LogP contribution in [0.4, 0.5) is 0 Å². The fourth-order valence-corrected chi connectivity index (χ4v) is 3.63.